The van der Waals surface area contributed by atoms with E-state index >= 15 is 0 Å². The molecule has 0 aliphatic heterocycles. The van der Waals surface area contributed by atoms with Gasteiger partial charge in [0.15, 0.2) is 5.75 Å². The first kappa shape index (κ1) is 20.8. The summed E-state index contributed by atoms with van der Waals surface area (Å²) in [5.41, 5.74) is 0.718. The van der Waals surface area contributed by atoms with Crippen LogP contribution in [0.15, 0.2) is 60.7 Å². The number of methoxy groups -OCH3 is 1. The number of hydrogen-bond acceptors (Lipinski definition) is 5. The fraction of sp³-hybridized carbons (Fsp3) is 0.182. The topological polar surface area (TPSA) is 111 Å². The maximum atomic E-state index is 12.3. The second-order valence-electron chi connectivity index (χ2n) is 6.68. The van der Waals surface area contributed by atoms with E-state index in [2.05, 4.69) is 10.6 Å². The molecule has 0 spiro atoms. The minimum atomic E-state index is -0.631. The Labute approximate surface area is 173 Å². The molecule has 8 nitrogen and oxygen atoms in total. The Morgan fingerprint density at radius 2 is 1.83 bits per heavy atom. The highest BCUT2D eigenvalue weighted by atomic mass is 16.6. The van der Waals surface area contributed by atoms with E-state index in [0.29, 0.717) is 0 Å². The number of benzene rings is 3. The molecule has 0 radical (unpaired) electrons. The van der Waals surface area contributed by atoms with E-state index in [1.54, 1.807) is 0 Å². The Balaban J connectivity index is 1.63. The Hall–Kier alpha value is -3.94. The van der Waals surface area contributed by atoms with Crippen molar-refractivity contribution in [3.8, 4) is 5.75 Å². The molecule has 3 rings (SSSR count). The highest BCUT2D eigenvalue weighted by molar-refractivity contribution is 5.97. The summed E-state index contributed by atoms with van der Waals surface area (Å²) in [6, 6.07) is 17.4. The molecule has 0 aromatic heterocycles. The predicted octanol–water partition coefficient (Wildman–Crippen LogP) is 3.36. The molecule has 30 heavy (non-hydrogen) atoms. The molecule has 0 saturated carbocycles. The number of rotatable bonds is 7. The smallest absolute Gasteiger partial charge is 0.311 e. The van der Waals surface area contributed by atoms with Gasteiger partial charge in [-0.3, -0.25) is 19.7 Å². The van der Waals surface area contributed by atoms with Gasteiger partial charge >= 0.3 is 5.69 Å². The van der Waals surface area contributed by atoms with Gasteiger partial charge in [-0.15, -0.1) is 0 Å². The number of nitrogens with one attached hydrogen (secondary N) is 2. The summed E-state index contributed by atoms with van der Waals surface area (Å²) in [6.07, 6.45) is 0. The average molecular weight is 407 g/mol. The lowest BCUT2D eigenvalue weighted by Gasteiger charge is -2.17. The average Bonchev–Trinajstić information content (AvgIpc) is 2.76. The first-order chi connectivity index (χ1) is 14.4. The van der Waals surface area contributed by atoms with Gasteiger partial charge in [0.25, 0.3) is 5.91 Å². The standard InChI is InChI=1S/C22H21N3O5/c1-14(17-9-5-7-15-6-3-4-8-18(15)17)24-21(26)13-23-22(27)16-10-11-20(30-2)19(12-16)25(28)29/h3-12,14H,13H2,1-2H3,(H,23,27)(H,24,26). The molecule has 2 N–H and O–H groups in total. The van der Waals surface area contributed by atoms with Gasteiger partial charge < -0.3 is 15.4 Å². The van der Waals surface area contributed by atoms with Crippen LogP contribution in [0.1, 0.15) is 28.9 Å². The number of nitrogens with zero attached hydrogens (tertiary/aromatic N) is 1. The fourth-order valence-corrected chi connectivity index (χ4v) is 3.23. The van der Waals surface area contributed by atoms with Crippen molar-refractivity contribution in [2.24, 2.45) is 0 Å². The van der Waals surface area contributed by atoms with Crippen LogP contribution < -0.4 is 15.4 Å². The van der Waals surface area contributed by atoms with Gasteiger partial charge in [-0.25, -0.2) is 0 Å². The van der Waals surface area contributed by atoms with Gasteiger partial charge in [-0.2, -0.15) is 0 Å². The molecule has 154 valence electrons. The van der Waals surface area contributed by atoms with Gasteiger partial charge in [0, 0.05) is 11.6 Å². The van der Waals surface area contributed by atoms with Gasteiger partial charge in [-0.05, 0) is 35.4 Å². The van der Waals surface area contributed by atoms with E-state index in [1.807, 2.05) is 49.4 Å². The van der Waals surface area contributed by atoms with Gasteiger partial charge in [0.2, 0.25) is 5.91 Å². The summed E-state index contributed by atoms with van der Waals surface area (Å²) in [6.45, 7) is 1.61. The molecule has 0 fully saturated rings. The van der Waals surface area contributed by atoms with Crippen LogP contribution in [0, 0.1) is 10.1 Å². The van der Waals surface area contributed by atoms with Crippen molar-refractivity contribution in [1.82, 2.24) is 10.6 Å². The number of carbonyl (C=O) groups excluding carboxylic acids is 2. The summed E-state index contributed by atoms with van der Waals surface area (Å²) in [5, 5.41) is 18.6. The van der Waals surface area contributed by atoms with Crippen LogP contribution in [0.5, 0.6) is 5.75 Å². The first-order valence-corrected chi connectivity index (χ1v) is 9.28. The Kier molecular flexibility index (Phi) is 6.26. The van der Waals surface area contributed by atoms with E-state index < -0.39 is 10.8 Å². The van der Waals surface area contributed by atoms with Gasteiger partial charge in [-0.1, -0.05) is 42.5 Å². The number of nitro groups is 1. The second-order valence-corrected chi connectivity index (χ2v) is 6.68. The minimum absolute atomic E-state index is 0.0539. The number of hydrogen-bond donors (Lipinski definition) is 2. The van der Waals surface area contributed by atoms with Crippen LogP contribution in [0.25, 0.3) is 10.8 Å². The van der Waals surface area contributed by atoms with E-state index in [9.17, 15) is 19.7 Å². The maximum absolute atomic E-state index is 12.3. The van der Waals surface area contributed by atoms with Crippen LogP contribution in [0.2, 0.25) is 0 Å². The van der Waals surface area contributed by atoms with Crippen molar-refractivity contribution in [3.05, 3.63) is 81.9 Å². The number of nitro benzene ring substituents is 1. The van der Waals surface area contributed by atoms with Gasteiger partial charge in [0.1, 0.15) is 0 Å². The van der Waals surface area contributed by atoms with Crippen LogP contribution in [-0.2, 0) is 4.79 Å². The van der Waals surface area contributed by atoms with Gasteiger partial charge in [0.05, 0.1) is 24.6 Å². The Morgan fingerprint density at radius 1 is 1.10 bits per heavy atom. The zero-order valence-corrected chi connectivity index (χ0v) is 16.5. The summed E-state index contributed by atoms with van der Waals surface area (Å²) in [7, 11) is 1.31. The van der Waals surface area contributed by atoms with Crippen molar-refractivity contribution < 1.29 is 19.2 Å². The summed E-state index contributed by atoms with van der Waals surface area (Å²) < 4.78 is 4.92. The first-order valence-electron chi connectivity index (χ1n) is 9.28. The zero-order chi connectivity index (χ0) is 21.7. The molecule has 1 unspecified atom stereocenters. The van der Waals surface area contributed by atoms with Crippen LogP contribution in [0.4, 0.5) is 5.69 Å². The van der Waals surface area contributed by atoms with Crippen molar-refractivity contribution in [3.63, 3.8) is 0 Å². The largest absolute Gasteiger partial charge is 0.490 e. The number of fused-ring (bicyclic) bond motifs is 1. The summed E-state index contributed by atoms with van der Waals surface area (Å²) in [5.74, 6) is -0.904. The monoisotopic (exact) mass is 407 g/mol. The maximum Gasteiger partial charge on any atom is 0.311 e. The molecule has 0 aliphatic carbocycles. The molecule has 0 bridgehead atoms. The number of ether oxygens (including phenoxy) is 1. The number of carbonyl (C=O) groups is 2. The summed E-state index contributed by atoms with van der Waals surface area (Å²) in [4.78, 5) is 35.1. The summed E-state index contributed by atoms with van der Waals surface area (Å²) >= 11 is 0. The van der Waals surface area contributed by atoms with E-state index in [-0.39, 0.29) is 35.5 Å². The van der Waals surface area contributed by atoms with Crippen molar-refractivity contribution in [1.29, 1.82) is 0 Å². The van der Waals surface area contributed by atoms with E-state index in [4.69, 9.17) is 4.74 Å². The molecule has 0 heterocycles. The third-order valence-corrected chi connectivity index (χ3v) is 4.71. The highest BCUT2D eigenvalue weighted by Crippen LogP contribution is 2.27. The molecule has 3 aromatic carbocycles. The quantitative estimate of drug-likeness (QED) is 0.461. The second kappa shape index (κ2) is 9.04. The minimum Gasteiger partial charge on any atom is -0.490 e. The third-order valence-electron chi connectivity index (χ3n) is 4.71. The molecule has 8 heteroatoms. The third kappa shape index (κ3) is 4.54. The zero-order valence-electron chi connectivity index (χ0n) is 16.5. The molecule has 0 saturated heterocycles. The van der Waals surface area contributed by atoms with Crippen LogP contribution in [-0.4, -0.2) is 30.4 Å². The Morgan fingerprint density at radius 3 is 2.57 bits per heavy atom. The fourth-order valence-electron chi connectivity index (χ4n) is 3.23. The molecular weight excluding hydrogens is 386 g/mol. The molecule has 3 aromatic rings. The van der Waals surface area contributed by atoms with Crippen molar-refractivity contribution in [2.75, 3.05) is 13.7 Å². The van der Waals surface area contributed by atoms with E-state index in [1.165, 1.54) is 19.2 Å². The lowest BCUT2D eigenvalue weighted by Crippen LogP contribution is -2.38. The van der Waals surface area contributed by atoms with Crippen LogP contribution in [0.3, 0.4) is 0 Å². The lowest BCUT2D eigenvalue weighted by atomic mass is 10.00. The normalized spacial score (nSPS) is 11.5. The van der Waals surface area contributed by atoms with Crippen LogP contribution >= 0.6 is 0 Å². The van der Waals surface area contributed by atoms with E-state index in [0.717, 1.165) is 22.4 Å². The lowest BCUT2D eigenvalue weighted by molar-refractivity contribution is -0.385. The predicted molar refractivity (Wildman–Crippen MR) is 112 cm³/mol. The number of amides is 2. The molecule has 1 atom stereocenters. The van der Waals surface area contributed by atoms with Crippen molar-refractivity contribution in [2.45, 2.75) is 13.0 Å². The highest BCUT2D eigenvalue weighted by Gasteiger charge is 2.19. The molecular formula is C22H21N3O5. The SMILES string of the molecule is COc1ccc(C(=O)NCC(=O)NC(C)c2cccc3ccccc23)cc1[N+](=O)[O-]. The molecule has 2 amide bonds. The molecule has 0 aliphatic rings. The Bertz CT molecular complexity index is 1110. The van der Waals surface area contributed by atoms with Crippen molar-refractivity contribution >= 4 is 28.3 Å².